The number of urea groups is 1. The summed E-state index contributed by atoms with van der Waals surface area (Å²) in [5, 5.41) is 5.68. The van der Waals surface area contributed by atoms with E-state index in [1.165, 1.54) is 0 Å². The smallest absolute Gasteiger partial charge is 0.319 e. The molecule has 5 nitrogen and oxygen atoms in total. The number of nitrogens with zero attached hydrogens (tertiary/aromatic N) is 2. The van der Waals surface area contributed by atoms with Crippen LogP contribution < -0.4 is 10.6 Å². The number of aromatic nitrogens is 2. The van der Waals surface area contributed by atoms with Crippen LogP contribution in [0.4, 0.5) is 10.5 Å². The maximum atomic E-state index is 12.0. The van der Waals surface area contributed by atoms with E-state index in [0.29, 0.717) is 6.54 Å². The number of carbonyl (C=O) groups is 1. The molecule has 0 aliphatic heterocycles. The van der Waals surface area contributed by atoms with E-state index in [0.717, 1.165) is 28.1 Å². The molecule has 5 heteroatoms. The topological polar surface area (TPSA) is 59.0 Å². The molecule has 2 N–H and O–H groups in total. The Hall–Kier alpha value is -2.56. The number of aryl methyl sites for hydroxylation is 2. The molecule has 0 aliphatic rings. The van der Waals surface area contributed by atoms with E-state index in [2.05, 4.69) is 22.2 Å². The molecule has 2 aromatic rings. The molecular formula is C16H20N4O. The first-order chi connectivity index (χ1) is 9.97. The Morgan fingerprint density at radius 1 is 1.43 bits per heavy atom. The monoisotopic (exact) mass is 284 g/mol. The van der Waals surface area contributed by atoms with Crippen LogP contribution >= 0.6 is 0 Å². The Labute approximate surface area is 124 Å². The number of hydrogen-bond donors (Lipinski definition) is 2. The summed E-state index contributed by atoms with van der Waals surface area (Å²) in [6.45, 7) is 8.25. The Bertz CT molecular complexity index is 673. The third kappa shape index (κ3) is 3.72. The second-order valence-electron chi connectivity index (χ2n) is 5.11. The van der Waals surface area contributed by atoms with E-state index < -0.39 is 0 Å². The van der Waals surface area contributed by atoms with E-state index >= 15 is 0 Å². The largest absolute Gasteiger partial charge is 0.336 e. The van der Waals surface area contributed by atoms with Gasteiger partial charge in [-0.15, -0.1) is 0 Å². The van der Waals surface area contributed by atoms with Gasteiger partial charge in [-0.2, -0.15) is 0 Å². The molecule has 2 rings (SSSR count). The van der Waals surface area contributed by atoms with E-state index in [1.807, 2.05) is 43.7 Å². The molecule has 1 aromatic heterocycles. The minimum absolute atomic E-state index is 0.238. The predicted octanol–water partition coefficient (Wildman–Crippen LogP) is 3.08. The van der Waals surface area contributed by atoms with E-state index in [4.69, 9.17) is 0 Å². The van der Waals surface area contributed by atoms with Gasteiger partial charge in [-0.1, -0.05) is 24.3 Å². The summed E-state index contributed by atoms with van der Waals surface area (Å²) in [4.78, 5) is 16.0. The number of rotatable bonds is 4. The van der Waals surface area contributed by atoms with Crippen LogP contribution in [0.3, 0.4) is 0 Å². The van der Waals surface area contributed by atoms with Gasteiger partial charge in [-0.3, -0.25) is 0 Å². The molecular weight excluding hydrogens is 264 g/mol. The normalized spacial score (nSPS) is 10.2. The lowest BCUT2D eigenvalue weighted by atomic mass is 10.1. The van der Waals surface area contributed by atoms with Crippen LogP contribution in [-0.4, -0.2) is 15.6 Å². The van der Waals surface area contributed by atoms with Crippen molar-refractivity contribution >= 4 is 17.3 Å². The minimum Gasteiger partial charge on any atom is -0.336 e. The highest BCUT2D eigenvalue weighted by atomic mass is 16.2. The molecule has 110 valence electrons. The zero-order valence-corrected chi connectivity index (χ0v) is 12.6. The van der Waals surface area contributed by atoms with Gasteiger partial charge in [0, 0.05) is 18.9 Å². The standard InChI is InChI=1S/C16H20N4O/c1-11(2)13-6-5-12(3)15(7-13)19-16(21)18-9-14-8-17-10-20(14)4/h5-8,10H,1,9H2,2-4H3,(H2,18,19,21). The molecule has 21 heavy (non-hydrogen) atoms. The summed E-state index contributed by atoms with van der Waals surface area (Å²) in [7, 11) is 1.89. The summed E-state index contributed by atoms with van der Waals surface area (Å²) in [5.74, 6) is 0. The molecule has 0 spiro atoms. The van der Waals surface area contributed by atoms with Gasteiger partial charge >= 0.3 is 6.03 Å². The summed E-state index contributed by atoms with van der Waals surface area (Å²) < 4.78 is 1.87. The second-order valence-corrected chi connectivity index (χ2v) is 5.11. The van der Waals surface area contributed by atoms with Gasteiger partial charge < -0.3 is 15.2 Å². The fourth-order valence-corrected chi connectivity index (χ4v) is 1.91. The van der Waals surface area contributed by atoms with Crippen molar-refractivity contribution < 1.29 is 4.79 Å². The maximum Gasteiger partial charge on any atom is 0.319 e. The van der Waals surface area contributed by atoms with Crippen molar-refractivity contribution in [3.8, 4) is 0 Å². The highest BCUT2D eigenvalue weighted by Crippen LogP contribution is 2.21. The van der Waals surface area contributed by atoms with Gasteiger partial charge in [0.15, 0.2) is 0 Å². The molecule has 0 saturated heterocycles. The van der Waals surface area contributed by atoms with Crippen LogP contribution in [0.25, 0.3) is 5.57 Å². The Kier molecular flexibility index (Phi) is 4.42. The number of hydrogen-bond acceptors (Lipinski definition) is 2. The van der Waals surface area contributed by atoms with Gasteiger partial charge in [-0.05, 0) is 31.0 Å². The highest BCUT2D eigenvalue weighted by molar-refractivity contribution is 5.90. The minimum atomic E-state index is -0.238. The van der Waals surface area contributed by atoms with Gasteiger partial charge in [-0.25, -0.2) is 9.78 Å². The average molecular weight is 284 g/mol. The highest BCUT2D eigenvalue weighted by Gasteiger charge is 2.07. The Morgan fingerprint density at radius 3 is 2.81 bits per heavy atom. The van der Waals surface area contributed by atoms with Crippen molar-refractivity contribution in [1.29, 1.82) is 0 Å². The van der Waals surface area contributed by atoms with Crippen molar-refractivity contribution in [2.24, 2.45) is 7.05 Å². The summed E-state index contributed by atoms with van der Waals surface area (Å²) in [5.41, 5.74) is 4.72. The second kappa shape index (κ2) is 6.26. The van der Waals surface area contributed by atoms with Crippen LogP contribution in [0.2, 0.25) is 0 Å². The van der Waals surface area contributed by atoms with Crippen molar-refractivity contribution in [3.63, 3.8) is 0 Å². The lowest BCUT2D eigenvalue weighted by Crippen LogP contribution is -2.29. The zero-order chi connectivity index (χ0) is 15.4. The summed E-state index contributed by atoms with van der Waals surface area (Å²) in [6, 6.07) is 5.66. The lowest BCUT2D eigenvalue weighted by molar-refractivity contribution is 0.251. The van der Waals surface area contributed by atoms with Gasteiger partial charge in [0.25, 0.3) is 0 Å². The number of amides is 2. The fourth-order valence-electron chi connectivity index (χ4n) is 1.91. The molecule has 0 aliphatic carbocycles. The third-order valence-electron chi connectivity index (χ3n) is 3.33. The molecule has 0 saturated carbocycles. The number of anilines is 1. The zero-order valence-electron chi connectivity index (χ0n) is 12.6. The first kappa shape index (κ1) is 14.8. The van der Waals surface area contributed by atoms with Crippen LogP contribution in [0, 0.1) is 6.92 Å². The van der Waals surface area contributed by atoms with Crippen LogP contribution in [0.15, 0.2) is 37.3 Å². The van der Waals surface area contributed by atoms with E-state index in [9.17, 15) is 4.79 Å². The first-order valence-electron chi connectivity index (χ1n) is 6.74. The molecule has 1 heterocycles. The molecule has 0 bridgehead atoms. The SMILES string of the molecule is C=C(C)c1ccc(C)c(NC(=O)NCc2cncn2C)c1. The quantitative estimate of drug-likeness (QED) is 0.906. The molecule has 0 unspecified atom stereocenters. The van der Waals surface area contributed by atoms with Gasteiger partial charge in [0.1, 0.15) is 0 Å². The number of nitrogens with one attached hydrogen (secondary N) is 2. The third-order valence-corrected chi connectivity index (χ3v) is 3.33. The molecule has 1 aromatic carbocycles. The predicted molar refractivity (Wildman–Crippen MR) is 85.0 cm³/mol. The molecule has 0 radical (unpaired) electrons. The summed E-state index contributed by atoms with van der Waals surface area (Å²) in [6.07, 6.45) is 3.43. The Morgan fingerprint density at radius 2 is 2.19 bits per heavy atom. The molecule has 0 fully saturated rings. The van der Waals surface area contributed by atoms with Crippen molar-refractivity contribution in [1.82, 2.24) is 14.9 Å². The summed E-state index contributed by atoms with van der Waals surface area (Å²) >= 11 is 0. The van der Waals surface area contributed by atoms with E-state index in [1.54, 1.807) is 12.5 Å². The molecule has 0 atom stereocenters. The van der Waals surface area contributed by atoms with Crippen molar-refractivity contribution in [3.05, 3.63) is 54.1 Å². The van der Waals surface area contributed by atoms with Crippen LogP contribution in [-0.2, 0) is 13.6 Å². The number of benzene rings is 1. The van der Waals surface area contributed by atoms with Gasteiger partial charge in [0.2, 0.25) is 0 Å². The Balaban J connectivity index is 2.01. The number of carbonyl (C=O) groups excluding carboxylic acids is 1. The molecule has 2 amide bonds. The fraction of sp³-hybridized carbons (Fsp3) is 0.250. The number of imidazole rings is 1. The van der Waals surface area contributed by atoms with Crippen molar-refractivity contribution in [2.45, 2.75) is 20.4 Å². The number of allylic oxidation sites excluding steroid dienone is 1. The lowest BCUT2D eigenvalue weighted by Gasteiger charge is -2.12. The van der Waals surface area contributed by atoms with Crippen LogP contribution in [0.1, 0.15) is 23.7 Å². The average Bonchev–Trinajstić information content (AvgIpc) is 2.84. The van der Waals surface area contributed by atoms with Crippen LogP contribution in [0.5, 0.6) is 0 Å². The van der Waals surface area contributed by atoms with Gasteiger partial charge in [0.05, 0.1) is 18.6 Å². The first-order valence-corrected chi connectivity index (χ1v) is 6.74. The van der Waals surface area contributed by atoms with E-state index in [-0.39, 0.29) is 6.03 Å². The van der Waals surface area contributed by atoms with Crippen molar-refractivity contribution in [2.75, 3.05) is 5.32 Å². The maximum absolute atomic E-state index is 12.0.